The second-order valence-corrected chi connectivity index (χ2v) is 5.87. The van der Waals surface area contributed by atoms with Crippen molar-refractivity contribution in [3.63, 3.8) is 0 Å². The highest BCUT2D eigenvalue weighted by Crippen LogP contribution is 2.25. The molecule has 2 fully saturated rings. The van der Waals surface area contributed by atoms with Crippen molar-refractivity contribution in [3.05, 3.63) is 29.6 Å². The predicted molar refractivity (Wildman–Crippen MR) is 79.6 cm³/mol. The van der Waals surface area contributed by atoms with Crippen molar-refractivity contribution >= 4 is 5.91 Å². The average molecular weight is 308 g/mol. The van der Waals surface area contributed by atoms with Crippen LogP contribution in [0.5, 0.6) is 5.75 Å². The Morgan fingerprint density at radius 3 is 2.95 bits per heavy atom. The fourth-order valence-electron chi connectivity index (χ4n) is 3.23. The first kappa shape index (κ1) is 15.2. The van der Waals surface area contributed by atoms with E-state index < -0.39 is 5.82 Å². The molecule has 2 atom stereocenters. The topological polar surface area (TPSA) is 42.0 Å². The quantitative estimate of drug-likeness (QED) is 0.828. The zero-order valence-electron chi connectivity index (χ0n) is 12.9. The third-order valence-electron chi connectivity index (χ3n) is 4.46. The number of ether oxygens (including phenoxy) is 2. The lowest BCUT2D eigenvalue weighted by atomic mass is 9.98. The van der Waals surface area contributed by atoms with Crippen molar-refractivity contribution in [2.75, 3.05) is 40.4 Å². The number of likely N-dealkylation sites (tertiary alicyclic amines) is 1. The van der Waals surface area contributed by atoms with E-state index in [2.05, 4.69) is 4.90 Å². The molecular formula is C16H21FN2O3. The molecule has 2 aliphatic rings. The van der Waals surface area contributed by atoms with E-state index in [9.17, 15) is 9.18 Å². The van der Waals surface area contributed by atoms with Gasteiger partial charge in [-0.25, -0.2) is 4.39 Å². The fourth-order valence-corrected chi connectivity index (χ4v) is 3.23. The Hall–Kier alpha value is -1.66. The number of hydrogen-bond acceptors (Lipinski definition) is 4. The van der Waals surface area contributed by atoms with Gasteiger partial charge in [0.15, 0.2) is 0 Å². The standard InChI is InChI=1S/C16H21FN2O3/c1-18-6-5-15-14(10-18)19(7-8-22-15)16(20)12-4-3-11(21-2)9-13(12)17/h3-4,9,14-15H,5-8,10H2,1-2H3. The monoisotopic (exact) mass is 308 g/mol. The van der Waals surface area contributed by atoms with Crippen molar-refractivity contribution in [3.8, 4) is 5.75 Å². The van der Waals surface area contributed by atoms with Crippen molar-refractivity contribution in [1.29, 1.82) is 0 Å². The van der Waals surface area contributed by atoms with Gasteiger partial charge in [0.05, 0.1) is 31.4 Å². The number of halogens is 1. The van der Waals surface area contributed by atoms with Gasteiger partial charge in [0.25, 0.3) is 5.91 Å². The van der Waals surface area contributed by atoms with Gasteiger partial charge in [0.1, 0.15) is 11.6 Å². The minimum atomic E-state index is -0.545. The van der Waals surface area contributed by atoms with Crippen molar-refractivity contribution in [1.82, 2.24) is 9.80 Å². The number of methoxy groups -OCH3 is 1. The first-order valence-corrected chi connectivity index (χ1v) is 7.55. The molecule has 5 nitrogen and oxygen atoms in total. The highest BCUT2D eigenvalue weighted by molar-refractivity contribution is 5.95. The smallest absolute Gasteiger partial charge is 0.257 e. The average Bonchev–Trinajstić information content (AvgIpc) is 2.53. The number of nitrogens with zero attached hydrogens (tertiary/aromatic N) is 2. The number of carbonyl (C=O) groups is 1. The molecule has 0 radical (unpaired) electrons. The highest BCUT2D eigenvalue weighted by atomic mass is 19.1. The van der Waals surface area contributed by atoms with E-state index in [-0.39, 0.29) is 23.6 Å². The van der Waals surface area contributed by atoms with Gasteiger partial charge in [-0.3, -0.25) is 4.79 Å². The molecule has 2 aliphatic heterocycles. The van der Waals surface area contributed by atoms with Gasteiger partial charge >= 0.3 is 0 Å². The maximum atomic E-state index is 14.2. The van der Waals surface area contributed by atoms with E-state index in [1.807, 2.05) is 7.05 Å². The molecule has 120 valence electrons. The largest absolute Gasteiger partial charge is 0.497 e. The number of amides is 1. The number of carbonyl (C=O) groups excluding carboxylic acids is 1. The lowest BCUT2D eigenvalue weighted by Crippen LogP contribution is -2.60. The molecule has 1 amide bonds. The minimum Gasteiger partial charge on any atom is -0.497 e. The number of fused-ring (bicyclic) bond motifs is 1. The minimum absolute atomic E-state index is 0.0125. The van der Waals surface area contributed by atoms with E-state index in [1.165, 1.54) is 19.2 Å². The van der Waals surface area contributed by atoms with E-state index in [4.69, 9.17) is 9.47 Å². The molecule has 2 saturated heterocycles. The third kappa shape index (κ3) is 2.80. The Balaban J connectivity index is 1.84. The van der Waals surface area contributed by atoms with Crippen LogP contribution in [0.2, 0.25) is 0 Å². The Kier molecular flexibility index (Phi) is 4.31. The molecule has 0 spiro atoms. The lowest BCUT2D eigenvalue weighted by molar-refractivity contribution is -0.0870. The van der Waals surface area contributed by atoms with Gasteiger partial charge in [0.2, 0.25) is 0 Å². The number of hydrogen-bond donors (Lipinski definition) is 0. The van der Waals surface area contributed by atoms with E-state index in [0.29, 0.717) is 18.9 Å². The number of likely N-dealkylation sites (N-methyl/N-ethyl adjacent to an activating group) is 1. The molecule has 6 heteroatoms. The summed E-state index contributed by atoms with van der Waals surface area (Å²) in [5.74, 6) is -0.406. The number of benzene rings is 1. The molecule has 0 aliphatic carbocycles. The lowest BCUT2D eigenvalue weighted by Gasteiger charge is -2.46. The summed E-state index contributed by atoms with van der Waals surface area (Å²) in [5.41, 5.74) is 0.0923. The molecular weight excluding hydrogens is 287 g/mol. The van der Waals surface area contributed by atoms with E-state index in [1.54, 1.807) is 11.0 Å². The SMILES string of the molecule is COc1ccc(C(=O)N2CCOC3CCN(C)CC32)c(F)c1. The first-order valence-electron chi connectivity index (χ1n) is 7.55. The van der Waals surface area contributed by atoms with Crippen molar-refractivity contribution in [2.24, 2.45) is 0 Å². The zero-order chi connectivity index (χ0) is 15.7. The van der Waals surface area contributed by atoms with Gasteiger partial charge in [-0.05, 0) is 25.6 Å². The summed E-state index contributed by atoms with van der Waals surface area (Å²) in [7, 11) is 3.50. The number of piperidine rings is 1. The van der Waals surface area contributed by atoms with Crippen LogP contribution in [-0.2, 0) is 4.74 Å². The molecule has 22 heavy (non-hydrogen) atoms. The van der Waals surface area contributed by atoms with Crippen LogP contribution >= 0.6 is 0 Å². The summed E-state index contributed by atoms with van der Waals surface area (Å²) in [6.45, 7) is 2.72. The first-order chi connectivity index (χ1) is 10.6. The molecule has 0 N–H and O–H groups in total. The van der Waals surface area contributed by atoms with Crippen molar-refractivity contribution in [2.45, 2.75) is 18.6 Å². The van der Waals surface area contributed by atoms with Crippen LogP contribution in [0.15, 0.2) is 18.2 Å². The second kappa shape index (κ2) is 6.22. The molecule has 3 rings (SSSR count). The molecule has 1 aromatic carbocycles. The summed E-state index contributed by atoms with van der Waals surface area (Å²) in [6.07, 6.45) is 0.950. The molecule has 0 aromatic heterocycles. The van der Waals surface area contributed by atoms with Crippen LogP contribution in [0.1, 0.15) is 16.8 Å². The van der Waals surface area contributed by atoms with Gasteiger partial charge < -0.3 is 19.3 Å². The molecule has 1 aromatic rings. The second-order valence-electron chi connectivity index (χ2n) is 5.87. The van der Waals surface area contributed by atoms with Crippen LogP contribution in [0.3, 0.4) is 0 Å². The molecule has 2 unspecified atom stereocenters. The summed E-state index contributed by atoms with van der Waals surface area (Å²) in [4.78, 5) is 16.7. The summed E-state index contributed by atoms with van der Waals surface area (Å²) >= 11 is 0. The Bertz CT molecular complexity index is 566. The maximum absolute atomic E-state index is 14.2. The van der Waals surface area contributed by atoms with Crippen LogP contribution in [0.4, 0.5) is 4.39 Å². The maximum Gasteiger partial charge on any atom is 0.257 e. The fraction of sp³-hybridized carbons (Fsp3) is 0.562. The predicted octanol–water partition coefficient (Wildman–Crippen LogP) is 1.38. The van der Waals surface area contributed by atoms with Gasteiger partial charge in [-0.1, -0.05) is 0 Å². The van der Waals surface area contributed by atoms with Gasteiger partial charge in [-0.15, -0.1) is 0 Å². The van der Waals surface area contributed by atoms with Crippen LogP contribution in [-0.4, -0.2) is 68.3 Å². The van der Waals surface area contributed by atoms with E-state index >= 15 is 0 Å². The van der Waals surface area contributed by atoms with Gasteiger partial charge in [-0.2, -0.15) is 0 Å². The molecule has 0 saturated carbocycles. The Morgan fingerprint density at radius 2 is 2.23 bits per heavy atom. The van der Waals surface area contributed by atoms with E-state index in [0.717, 1.165) is 19.5 Å². The normalized spacial score (nSPS) is 25.7. The Morgan fingerprint density at radius 1 is 1.41 bits per heavy atom. The van der Waals surface area contributed by atoms with Crippen LogP contribution in [0.25, 0.3) is 0 Å². The molecule has 0 bridgehead atoms. The van der Waals surface area contributed by atoms with Crippen LogP contribution < -0.4 is 4.74 Å². The summed E-state index contributed by atoms with van der Waals surface area (Å²) in [5, 5.41) is 0. The number of rotatable bonds is 2. The van der Waals surface area contributed by atoms with Crippen LogP contribution in [0, 0.1) is 5.82 Å². The summed E-state index contributed by atoms with van der Waals surface area (Å²) in [6, 6.07) is 4.34. The summed E-state index contributed by atoms with van der Waals surface area (Å²) < 4.78 is 24.9. The van der Waals surface area contributed by atoms with Gasteiger partial charge in [0, 0.05) is 25.7 Å². The third-order valence-corrected chi connectivity index (χ3v) is 4.46. The number of morpholine rings is 1. The zero-order valence-corrected chi connectivity index (χ0v) is 12.9. The molecule has 2 heterocycles. The van der Waals surface area contributed by atoms with Crippen molar-refractivity contribution < 1.29 is 18.7 Å². The highest BCUT2D eigenvalue weighted by Gasteiger charge is 2.39. The Labute approximate surface area is 129 Å².